The van der Waals surface area contributed by atoms with Gasteiger partial charge in [-0.25, -0.2) is 27.9 Å². The van der Waals surface area contributed by atoms with Crippen LogP contribution in [0.4, 0.5) is 26.3 Å². The summed E-state index contributed by atoms with van der Waals surface area (Å²) < 4.78 is 87.0. The van der Waals surface area contributed by atoms with Crippen LogP contribution in [0.3, 0.4) is 0 Å². The minimum Gasteiger partial charge on any atom is -0.470 e. The Kier molecular flexibility index (Phi) is 4.76. The third-order valence-corrected chi connectivity index (χ3v) is 3.59. The van der Waals surface area contributed by atoms with Gasteiger partial charge in [0.15, 0.2) is 12.2 Å². The number of H-pyrrole nitrogens is 1. The summed E-state index contributed by atoms with van der Waals surface area (Å²) in [6.45, 7) is -1.33. The first-order valence-electron chi connectivity index (χ1n) is 6.94. The zero-order chi connectivity index (χ0) is 19.9. The van der Waals surface area contributed by atoms with Gasteiger partial charge < -0.3 is 9.15 Å². The number of benzene rings is 1. The minimum absolute atomic E-state index is 0.287. The lowest BCUT2D eigenvalue weighted by Crippen LogP contribution is -2.16. The normalized spacial score (nSPS) is 12.1. The van der Waals surface area contributed by atoms with Crippen LogP contribution in [0.15, 0.2) is 21.5 Å². The molecule has 1 aromatic carbocycles. The highest BCUT2D eigenvalue weighted by molar-refractivity contribution is 6.35. The van der Waals surface area contributed by atoms with Crippen LogP contribution in [-0.2, 0) is 6.18 Å². The topological polar surface area (TPSA) is 81.0 Å². The van der Waals surface area contributed by atoms with Crippen LogP contribution in [-0.4, -0.2) is 28.0 Å². The van der Waals surface area contributed by atoms with E-state index >= 15 is 0 Å². The molecule has 6 nitrogen and oxygen atoms in total. The predicted octanol–water partition coefficient (Wildman–Crippen LogP) is 4.03. The maximum Gasteiger partial charge on any atom is 0.438 e. The van der Waals surface area contributed by atoms with Gasteiger partial charge in [-0.2, -0.15) is 13.2 Å². The molecule has 2 aromatic heterocycles. The number of halogens is 7. The molecule has 0 saturated carbocycles. The number of aromatic nitrogens is 3. The van der Waals surface area contributed by atoms with Gasteiger partial charge in [-0.05, 0) is 6.07 Å². The summed E-state index contributed by atoms with van der Waals surface area (Å²) in [4.78, 5) is 20.1. The molecule has 144 valence electrons. The number of hydrogen-bond acceptors (Lipinski definition) is 5. The standard InChI is InChI=1S/C14H6ClF6N3O3/c15-8-5(16)1-4(10-9(8)24-13(25)27-10)6-2-22-12(26-3-7(17)18)11(23-6)14(19,20)21/h1-2,7H,3H2,(H,24,25). The second-order valence-electron chi connectivity index (χ2n) is 5.05. The molecule has 0 atom stereocenters. The number of nitrogens with zero attached hydrogens (tertiary/aromatic N) is 2. The van der Waals surface area contributed by atoms with Gasteiger partial charge in [0.05, 0.1) is 11.9 Å². The fourth-order valence-electron chi connectivity index (χ4n) is 2.18. The molecule has 0 bridgehead atoms. The van der Waals surface area contributed by atoms with Crippen molar-refractivity contribution in [3.05, 3.63) is 39.3 Å². The van der Waals surface area contributed by atoms with Gasteiger partial charge in [0, 0.05) is 5.56 Å². The summed E-state index contributed by atoms with van der Waals surface area (Å²) in [5.74, 6) is -3.27. The third kappa shape index (κ3) is 3.70. The number of ether oxygens (including phenoxy) is 1. The monoisotopic (exact) mass is 413 g/mol. The number of alkyl halides is 5. The Morgan fingerprint density at radius 3 is 2.67 bits per heavy atom. The molecule has 0 unspecified atom stereocenters. The van der Waals surface area contributed by atoms with Gasteiger partial charge in [0.1, 0.15) is 16.4 Å². The summed E-state index contributed by atoms with van der Waals surface area (Å²) in [7, 11) is 0. The van der Waals surface area contributed by atoms with E-state index in [0.717, 1.165) is 6.20 Å². The number of fused-ring (bicyclic) bond motifs is 1. The van der Waals surface area contributed by atoms with Crippen molar-refractivity contribution in [2.45, 2.75) is 12.6 Å². The first-order chi connectivity index (χ1) is 12.6. The van der Waals surface area contributed by atoms with Gasteiger partial charge >= 0.3 is 11.9 Å². The largest absolute Gasteiger partial charge is 0.470 e. The molecule has 0 radical (unpaired) electrons. The van der Waals surface area contributed by atoms with Crippen LogP contribution in [0.5, 0.6) is 5.88 Å². The van der Waals surface area contributed by atoms with E-state index in [1.807, 2.05) is 0 Å². The molecule has 0 fully saturated rings. The highest BCUT2D eigenvalue weighted by atomic mass is 35.5. The van der Waals surface area contributed by atoms with Crippen LogP contribution in [0.25, 0.3) is 22.4 Å². The zero-order valence-corrected chi connectivity index (χ0v) is 13.5. The van der Waals surface area contributed by atoms with Crippen molar-refractivity contribution < 1.29 is 35.5 Å². The molecule has 1 N–H and O–H groups in total. The zero-order valence-electron chi connectivity index (χ0n) is 12.7. The molecular formula is C14H6ClF6N3O3. The fraction of sp³-hybridized carbons (Fsp3) is 0.214. The molecule has 13 heteroatoms. The summed E-state index contributed by atoms with van der Waals surface area (Å²) in [6, 6.07) is 0.700. The molecule has 0 aliphatic heterocycles. The van der Waals surface area contributed by atoms with Gasteiger partial charge in [-0.1, -0.05) is 11.6 Å². The third-order valence-electron chi connectivity index (χ3n) is 3.22. The Morgan fingerprint density at radius 2 is 2.04 bits per heavy atom. The van der Waals surface area contributed by atoms with Crippen molar-refractivity contribution in [2.75, 3.05) is 6.61 Å². The number of nitrogens with one attached hydrogen (secondary N) is 1. The van der Waals surface area contributed by atoms with E-state index in [-0.39, 0.29) is 16.7 Å². The Balaban J connectivity index is 2.20. The SMILES string of the molecule is O=c1[nH]c2c(Cl)c(F)cc(-c3cnc(OCC(F)F)c(C(F)(F)F)n3)c2o1. The minimum atomic E-state index is -5.11. The number of rotatable bonds is 4. The van der Waals surface area contributed by atoms with Crippen molar-refractivity contribution in [1.82, 2.24) is 15.0 Å². The highest BCUT2D eigenvalue weighted by Gasteiger charge is 2.38. The summed E-state index contributed by atoms with van der Waals surface area (Å²) >= 11 is 5.69. The summed E-state index contributed by atoms with van der Waals surface area (Å²) in [5.41, 5.74) is -3.25. The van der Waals surface area contributed by atoms with Crippen LogP contribution >= 0.6 is 11.6 Å². The van der Waals surface area contributed by atoms with E-state index in [1.54, 1.807) is 0 Å². The quantitative estimate of drug-likeness (QED) is 0.653. The van der Waals surface area contributed by atoms with E-state index < -0.39 is 53.1 Å². The average molecular weight is 414 g/mol. The lowest BCUT2D eigenvalue weighted by molar-refractivity contribution is -0.143. The highest BCUT2D eigenvalue weighted by Crippen LogP contribution is 2.37. The van der Waals surface area contributed by atoms with E-state index in [1.165, 1.54) is 0 Å². The van der Waals surface area contributed by atoms with Crippen molar-refractivity contribution >= 4 is 22.7 Å². The molecule has 3 rings (SSSR count). The van der Waals surface area contributed by atoms with Crippen molar-refractivity contribution in [2.24, 2.45) is 0 Å². The molecule has 0 aliphatic carbocycles. The second kappa shape index (κ2) is 6.76. The summed E-state index contributed by atoms with van der Waals surface area (Å²) in [5, 5.41) is -0.513. The van der Waals surface area contributed by atoms with Crippen LogP contribution < -0.4 is 10.5 Å². The van der Waals surface area contributed by atoms with Crippen molar-refractivity contribution in [3.8, 4) is 17.1 Å². The average Bonchev–Trinajstić information content (AvgIpc) is 2.97. The maximum atomic E-state index is 14.0. The van der Waals surface area contributed by atoms with Gasteiger partial charge in [0.25, 0.3) is 6.43 Å². The van der Waals surface area contributed by atoms with Gasteiger partial charge in [-0.15, -0.1) is 0 Å². The summed E-state index contributed by atoms with van der Waals surface area (Å²) in [6.07, 6.45) is -7.42. The maximum absolute atomic E-state index is 14.0. The van der Waals surface area contributed by atoms with E-state index in [9.17, 15) is 31.1 Å². The Hall–Kier alpha value is -2.76. The second-order valence-corrected chi connectivity index (χ2v) is 5.43. The number of oxazole rings is 1. The first kappa shape index (κ1) is 19.0. The molecule has 0 aliphatic rings. The predicted molar refractivity (Wildman–Crippen MR) is 79.3 cm³/mol. The van der Waals surface area contributed by atoms with Gasteiger partial charge in [-0.3, -0.25) is 4.98 Å². The Labute approximate surface area is 149 Å². The number of aromatic amines is 1. The first-order valence-corrected chi connectivity index (χ1v) is 7.32. The van der Waals surface area contributed by atoms with Crippen molar-refractivity contribution in [3.63, 3.8) is 0 Å². The molecule has 0 saturated heterocycles. The van der Waals surface area contributed by atoms with Crippen LogP contribution in [0.1, 0.15) is 5.69 Å². The molecule has 2 heterocycles. The lowest BCUT2D eigenvalue weighted by Gasteiger charge is -2.13. The van der Waals surface area contributed by atoms with Crippen molar-refractivity contribution in [1.29, 1.82) is 0 Å². The molecule has 0 amide bonds. The molecule has 3 aromatic rings. The fourth-order valence-corrected chi connectivity index (χ4v) is 2.37. The van der Waals surface area contributed by atoms with E-state index in [4.69, 9.17) is 16.0 Å². The molecule has 0 spiro atoms. The van der Waals surface area contributed by atoms with E-state index in [0.29, 0.717) is 6.07 Å². The van der Waals surface area contributed by atoms with Crippen LogP contribution in [0.2, 0.25) is 5.02 Å². The number of hydrogen-bond donors (Lipinski definition) is 1. The van der Waals surface area contributed by atoms with E-state index in [2.05, 4.69) is 19.7 Å². The molecule has 27 heavy (non-hydrogen) atoms. The Bertz CT molecular complexity index is 1060. The lowest BCUT2D eigenvalue weighted by atomic mass is 10.1. The molecular weight excluding hydrogens is 408 g/mol. The Morgan fingerprint density at radius 1 is 1.33 bits per heavy atom. The van der Waals surface area contributed by atoms with Gasteiger partial charge in [0.2, 0.25) is 11.6 Å². The van der Waals surface area contributed by atoms with Crippen LogP contribution in [0, 0.1) is 5.82 Å². The smallest absolute Gasteiger partial charge is 0.438 e.